The number of aromatic nitrogens is 1. The molecule has 0 saturated carbocycles. The lowest BCUT2D eigenvalue weighted by Gasteiger charge is -2.19. The van der Waals surface area contributed by atoms with Gasteiger partial charge in [0.25, 0.3) is 5.91 Å². The van der Waals surface area contributed by atoms with E-state index in [9.17, 15) is 4.79 Å². The van der Waals surface area contributed by atoms with Crippen molar-refractivity contribution in [2.24, 2.45) is 0 Å². The van der Waals surface area contributed by atoms with E-state index in [0.29, 0.717) is 23.7 Å². The molecule has 1 aliphatic carbocycles. The van der Waals surface area contributed by atoms with Crippen molar-refractivity contribution in [3.63, 3.8) is 0 Å². The Labute approximate surface area is 156 Å². The summed E-state index contributed by atoms with van der Waals surface area (Å²) in [5.74, 6) is 0.785. The number of nitrogens with zero attached hydrogens (tertiary/aromatic N) is 2. The van der Waals surface area contributed by atoms with Gasteiger partial charge in [-0.15, -0.1) is 11.3 Å². The van der Waals surface area contributed by atoms with Crippen molar-refractivity contribution in [3.05, 3.63) is 34.4 Å². The maximum atomic E-state index is 12.9. The molecular formula is C20H23N3O2S. The van der Waals surface area contributed by atoms with E-state index in [1.807, 2.05) is 26.0 Å². The van der Waals surface area contributed by atoms with Gasteiger partial charge in [-0.3, -0.25) is 4.79 Å². The average molecular weight is 369 g/mol. The van der Waals surface area contributed by atoms with Crippen LogP contribution in [0.3, 0.4) is 0 Å². The SMILES string of the molecule is CCN(CC)C(=O)c1sc2nc(-c3ccco3)c3c(c2c1N)CCCC3. The number of nitrogen functional groups attached to an aromatic ring is 1. The van der Waals surface area contributed by atoms with E-state index in [0.717, 1.165) is 47.4 Å². The Hall–Kier alpha value is -2.34. The summed E-state index contributed by atoms with van der Waals surface area (Å²) < 4.78 is 5.63. The predicted octanol–water partition coefficient (Wildman–Crippen LogP) is 4.50. The van der Waals surface area contributed by atoms with Crippen LogP contribution in [0.5, 0.6) is 0 Å². The lowest BCUT2D eigenvalue weighted by atomic mass is 9.88. The zero-order valence-electron chi connectivity index (χ0n) is 15.2. The highest BCUT2D eigenvalue weighted by atomic mass is 32.1. The molecule has 0 spiro atoms. The second-order valence-electron chi connectivity index (χ2n) is 6.60. The molecule has 4 rings (SSSR count). The van der Waals surface area contributed by atoms with E-state index in [2.05, 4.69) is 0 Å². The zero-order valence-corrected chi connectivity index (χ0v) is 16.0. The first-order chi connectivity index (χ1) is 12.7. The number of nitrogens with two attached hydrogens (primary N) is 1. The molecule has 0 aliphatic heterocycles. The molecular weight excluding hydrogens is 346 g/mol. The van der Waals surface area contributed by atoms with Crippen LogP contribution < -0.4 is 5.73 Å². The minimum Gasteiger partial charge on any atom is -0.463 e. The van der Waals surface area contributed by atoms with Gasteiger partial charge in [0.05, 0.1) is 12.0 Å². The van der Waals surface area contributed by atoms with Gasteiger partial charge in [0, 0.05) is 18.5 Å². The standard InChI is InChI=1S/C20H23N3O2S/c1-3-23(4-2)20(24)18-16(21)15-12-8-5-6-9-13(12)17(22-19(15)26-18)14-10-7-11-25-14/h7,10-11H,3-6,8-9,21H2,1-2H3. The first kappa shape index (κ1) is 17.1. The molecule has 0 atom stereocenters. The molecule has 5 nitrogen and oxygen atoms in total. The molecule has 0 aromatic carbocycles. The molecule has 26 heavy (non-hydrogen) atoms. The number of carbonyl (C=O) groups is 1. The van der Waals surface area contributed by atoms with Crippen LogP contribution in [0.15, 0.2) is 22.8 Å². The highest BCUT2D eigenvalue weighted by molar-refractivity contribution is 7.21. The van der Waals surface area contributed by atoms with Crippen molar-refractivity contribution in [1.82, 2.24) is 9.88 Å². The van der Waals surface area contributed by atoms with Gasteiger partial charge in [-0.25, -0.2) is 4.98 Å². The van der Waals surface area contributed by atoms with E-state index in [4.69, 9.17) is 15.1 Å². The second-order valence-corrected chi connectivity index (χ2v) is 7.60. The van der Waals surface area contributed by atoms with Crippen LogP contribution in [-0.2, 0) is 12.8 Å². The Kier molecular flexibility index (Phi) is 4.44. The fourth-order valence-electron chi connectivity index (χ4n) is 3.84. The lowest BCUT2D eigenvalue weighted by molar-refractivity contribution is 0.0779. The molecule has 1 aliphatic rings. The second kappa shape index (κ2) is 6.76. The monoisotopic (exact) mass is 369 g/mol. The van der Waals surface area contributed by atoms with Crippen LogP contribution in [-0.4, -0.2) is 28.9 Å². The molecule has 0 unspecified atom stereocenters. The summed E-state index contributed by atoms with van der Waals surface area (Å²) in [5, 5.41) is 0.982. The van der Waals surface area contributed by atoms with Gasteiger partial charge in [-0.1, -0.05) is 0 Å². The Morgan fingerprint density at radius 1 is 1.27 bits per heavy atom. The summed E-state index contributed by atoms with van der Waals surface area (Å²) >= 11 is 1.41. The predicted molar refractivity (Wildman–Crippen MR) is 106 cm³/mol. The maximum Gasteiger partial charge on any atom is 0.266 e. The van der Waals surface area contributed by atoms with Crippen LogP contribution in [0.4, 0.5) is 5.69 Å². The average Bonchev–Trinajstić information content (AvgIpc) is 3.30. The number of anilines is 1. The largest absolute Gasteiger partial charge is 0.463 e. The summed E-state index contributed by atoms with van der Waals surface area (Å²) in [6, 6.07) is 3.83. The lowest BCUT2D eigenvalue weighted by Crippen LogP contribution is -2.30. The van der Waals surface area contributed by atoms with Gasteiger partial charge >= 0.3 is 0 Å². The zero-order chi connectivity index (χ0) is 18.3. The fraction of sp³-hybridized carbons (Fsp3) is 0.400. The Morgan fingerprint density at radius 3 is 2.65 bits per heavy atom. The molecule has 0 radical (unpaired) electrons. The van der Waals surface area contributed by atoms with Gasteiger partial charge in [0.2, 0.25) is 0 Å². The molecule has 136 valence electrons. The molecule has 2 N–H and O–H groups in total. The van der Waals surface area contributed by atoms with Gasteiger partial charge in [0.15, 0.2) is 5.76 Å². The molecule has 1 amide bonds. The summed E-state index contributed by atoms with van der Waals surface area (Å²) in [6.45, 7) is 5.32. The molecule has 3 aromatic heterocycles. The summed E-state index contributed by atoms with van der Waals surface area (Å²) in [7, 11) is 0. The van der Waals surface area contributed by atoms with Crippen LogP contribution >= 0.6 is 11.3 Å². The number of thiophene rings is 1. The number of carbonyl (C=O) groups excluding carboxylic acids is 1. The third kappa shape index (κ3) is 2.60. The van der Waals surface area contributed by atoms with Crippen molar-refractivity contribution in [3.8, 4) is 11.5 Å². The Bertz CT molecular complexity index is 956. The summed E-state index contributed by atoms with van der Waals surface area (Å²) in [4.78, 5) is 21.0. The molecule has 0 fully saturated rings. The normalized spacial score (nSPS) is 13.8. The highest BCUT2D eigenvalue weighted by Gasteiger charge is 2.27. The van der Waals surface area contributed by atoms with Gasteiger partial charge in [0.1, 0.15) is 15.4 Å². The van der Waals surface area contributed by atoms with Crippen molar-refractivity contribution in [1.29, 1.82) is 0 Å². The summed E-state index contributed by atoms with van der Waals surface area (Å²) in [5.41, 5.74) is 10.5. The van der Waals surface area contributed by atoms with Crippen molar-refractivity contribution in [2.75, 3.05) is 18.8 Å². The molecule has 3 heterocycles. The number of rotatable bonds is 4. The van der Waals surface area contributed by atoms with Crippen molar-refractivity contribution in [2.45, 2.75) is 39.5 Å². The molecule has 6 heteroatoms. The quantitative estimate of drug-likeness (QED) is 0.735. The third-order valence-electron chi connectivity index (χ3n) is 5.19. The molecule has 0 bridgehead atoms. The van der Waals surface area contributed by atoms with E-state index >= 15 is 0 Å². The van der Waals surface area contributed by atoms with E-state index in [1.54, 1.807) is 11.2 Å². The number of hydrogen-bond donors (Lipinski definition) is 1. The maximum absolute atomic E-state index is 12.9. The van der Waals surface area contributed by atoms with E-state index < -0.39 is 0 Å². The minimum atomic E-state index is -0.000363. The van der Waals surface area contributed by atoms with Crippen LogP contribution in [0, 0.1) is 0 Å². The Morgan fingerprint density at radius 2 is 2.00 bits per heavy atom. The number of furan rings is 1. The minimum absolute atomic E-state index is 0.000363. The smallest absolute Gasteiger partial charge is 0.266 e. The van der Waals surface area contributed by atoms with Gasteiger partial charge < -0.3 is 15.1 Å². The number of amides is 1. The van der Waals surface area contributed by atoms with E-state index in [-0.39, 0.29) is 5.91 Å². The molecule has 3 aromatic rings. The van der Waals surface area contributed by atoms with Crippen LogP contribution in [0.1, 0.15) is 47.5 Å². The van der Waals surface area contributed by atoms with Gasteiger partial charge in [-0.05, 0) is 62.8 Å². The Balaban J connectivity index is 1.95. The first-order valence-corrected chi connectivity index (χ1v) is 10.0. The topological polar surface area (TPSA) is 72.4 Å². The number of pyridine rings is 1. The molecule has 0 saturated heterocycles. The first-order valence-electron chi connectivity index (χ1n) is 9.22. The van der Waals surface area contributed by atoms with Crippen LogP contribution in [0.2, 0.25) is 0 Å². The van der Waals surface area contributed by atoms with Crippen molar-refractivity contribution >= 4 is 33.1 Å². The van der Waals surface area contributed by atoms with Crippen molar-refractivity contribution < 1.29 is 9.21 Å². The fourth-order valence-corrected chi connectivity index (χ4v) is 4.94. The number of fused-ring (bicyclic) bond motifs is 3. The van der Waals surface area contributed by atoms with E-state index in [1.165, 1.54) is 22.5 Å². The number of hydrogen-bond acceptors (Lipinski definition) is 5. The number of aryl methyl sites for hydroxylation is 1. The third-order valence-corrected chi connectivity index (χ3v) is 6.28. The summed E-state index contributed by atoms with van der Waals surface area (Å²) in [6.07, 6.45) is 5.90. The highest BCUT2D eigenvalue weighted by Crippen LogP contribution is 2.42. The van der Waals surface area contributed by atoms with Gasteiger partial charge in [-0.2, -0.15) is 0 Å². The van der Waals surface area contributed by atoms with Crippen LogP contribution in [0.25, 0.3) is 21.7 Å².